The van der Waals surface area contributed by atoms with Crippen molar-refractivity contribution in [1.29, 1.82) is 0 Å². The van der Waals surface area contributed by atoms with E-state index in [0.29, 0.717) is 24.0 Å². The number of carbonyl (C=O) groups is 1. The van der Waals surface area contributed by atoms with E-state index in [-0.39, 0.29) is 5.91 Å². The van der Waals surface area contributed by atoms with Crippen LogP contribution in [0, 0.1) is 6.92 Å². The molecule has 0 radical (unpaired) electrons. The van der Waals surface area contributed by atoms with Gasteiger partial charge in [0.25, 0.3) is 5.91 Å². The monoisotopic (exact) mass is 347 g/mol. The van der Waals surface area contributed by atoms with E-state index < -0.39 is 0 Å². The minimum absolute atomic E-state index is 0.113. The Hall–Kier alpha value is -3.02. The van der Waals surface area contributed by atoms with Gasteiger partial charge in [-0.3, -0.25) is 14.4 Å². The lowest BCUT2D eigenvalue weighted by Crippen LogP contribution is -2.31. The molecule has 4 rings (SSSR count). The molecule has 2 heterocycles. The second kappa shape index (κ2) is 7.07. The standard InChI is InChI=1S/C20H21N5O/c1-15-10-11-19(23-22-15)24(13-16-6-3-2-4-7-16)20(26)17-12-21-25(14-17)18-8-5-9-18/h2-4,6-7,10-12,14,18H,5,8-9,13H2,1H3. The predicted molar refractivity (Wildman–Crippen MR) is 98.8 cm³/mol. The second-order valence-electron chi connectivity index (χ2n) is 6.70. The summed E-state index contributed by atoms with van der Waals surface area (Å²) in [6.45, 7) is 2.31. The summed E-state index contributed by atoms with van der Waals surface area (Å²) in [4.78, 5) is 14.8. The molecule has 3 aromatic rings. The van der Waals surface area contributed by atoms with Gasteiger partial charge in [0.15, 0.2) is 5.82 Å². The smallest absolute Gasteiger partial charge is 0.262 e. The Bertz CT molecular complexity index is 884. The first kappa shape index (κ1) is 16.4. The van der Waals surface area contributed by atoms with Crippen LogP contribution in [-0.2, 0) is 6.54 Å². The van der Waals surface area contributed by atoms with Gasteiger partial charge in [-0.15, -0.1) is 5.10 Å². The fraction of sp³-hybridized carbons (Fsp3) is 0.300. The highest BCUT2D eigenvalue weighted by Crippen LogP contribution is 2.31. The molecular weight excluding hydrogens is 326 g/mol. The van der Waals surface area contributed by atoms with Crippen LogP contribution in [0.1, 0.15) is 46.9 Å². The quantitative estimate of drug-likeness (QED) is 0.708. The van der Waals surface area contributed by atoms with E-state index in [0.717, 1.165) is 24.1 Å². The molecule has 6 nitrogen and oxygen atoms in total. The Morgan fingerprint density at radius 3 is 2.62 bits per heavy atom. The second-order valence-corrected chi connectivity index (χ2v) is 6.70. The predicted octanol–water partition coefficient (Wildman–Crippen LogP) is 3.55. The Kier molecular flexibility index (Phi) is 4.48. The van der Waals surface area contributed by atoms with E-state index in [1.807, 2.05) is 60.3 Å². The molecule has 132 valence electrons. The number of rotatable bonds is 5. The third-order valence-corrected chi connectivity index (χ3v) is 4.79. The largest absolute Gasteiger partial charge is 0.287 e. The van der Waals surface area contributed by atoms with Crippen molar-refractivity contribution in [2.24, 2.45) is 0 Å². The van der Waals surface area contributed by atoms with Crippen LogP contribution < -0.4 is 4.90 Å². The van der Waals surface area contributed by atoms with Crippen molar-refractivity contribution in [2.45, 2.75) is 38.8 Å². The van der Waals surface area contributed by atoms with Gasteiger partial charge in [-0.25, -0.2) is 0 Å². The Balaban J connectivity index is 1.63. The number of anilines is 1. The topological polar surface area (TPSA) is 63.9 Å². The molecule has 6 heteroatoms. The zero-order valence-electron chi connectivity index (χ0n) is 14.7. The molecule has 1 aliphatic rings. The summed E-state index contributed by atoms with van der Waals surface area (Å²) in [5.74, 6) is 0.429. The van der Waals surface area contributed by atoms with Gasteiger partial charge in [-0.05, 0) is 43.9 Å². The zero-order valence-corrected chi connectivity index (χ0v) is 14.7. The van der Waals surface area contributed by atoms with Crippen molar-refractivity contribution in [3.05, 3.63) is 71.7 Å². The summed E-state index contributed by atoms with van der Waals surface area (Å²) in [7, 11) is 0. The molecule has 1 fully saturated rings. The molecule has 1 amide bonds. The van der Waals surface area contributed by atoms with Gasteiger partial charge in [0.2, 0.25) is 0 Å². The zero-order chi connectivity index (χ0) is 17.9. The molecule has 0 N–H and O–H groups in total. The van der Waals surface area contributed by atoms with E-state index in [9.17, 15) is 4.79 Å². The number of hydrogen-bond donors (Lipinski definition) is 0. The fourth-order valence-electron chi connectivity index (χ4n) is 3.01. The molecule has 0 atom stereocenters. The number of aryl methyl sites for hydroxylation is 1. The van der Waals surface area contributed by atoms with Gasteiger partial charge < -0.3 is 0 Å². The molecule has 1 saturated carbocycles. The molecule has 1 aromatic carbocycles. The number of hydrogen-bond acceptors (Lipinski definition) is 4. The third kappa shape index (κ3) is 3.35. The van der Waals surface area contributed by atoms with Crippen LogP contribution in [0.15, 0.2) is 54.9 Å². The lowest BCUT2D eigenvalue weighted by atomic mass is 9.93. The minimum Gasteiger partial charge on any atom is -0.287 e. The van der Waals surface area contributed by atoms with Crippen molar-refractivity contribution in [2.75, 3.05) is 4.90 Å². The van der Waals surface area contributed by atoms with Gasteiger partial charge in [0.05, 0.1) is 30.0 Å². The Morgan fingerprint density at radius 2 is 1.96 bits per heavy atom. The van der Waals surface area contributed by atoms with Crippen LogP contribution in [0.4, 0.5) is 5.82 Å². The summed E-state index contributed by atoms with van der Waals surface area (Å²) in [6.07, 6.45) is 7.00. The first-order valence-electron chi connectivity index (χ1n) is 8.91. The van der Waals surface area contributed by atoms with Crippen LogP contribution >= 0.6 is 0 Å². The molecule has 0 saturated heterocycles. The Morgan fingerprint density at radius 1 is 1.15 bits per heavy atom. The summed E-state index contributed by atoms with van der Waals surface area (Å²) in [6, 6.07) is 14.0. The highest BCUT2D eigenvalue weighted by Gasteiger charge is 2.24. The lowest BCUT2D eigenvalue weighted by molar-refractivity contribution is 0.0984. The average molecular weight is 347 g/mol. The van der Waals surface area contributed by atoms with Crippen molar-refractivity contribution in [1.82, 2.24) is 20.0 Å². The van der Waals surface area contributed by atoms with Gasteiger partial charge in [-0.1, -0.05) is 30.3 Å². The number of benzene rings is 1. The van der Waals surface area contributed by atoms with Crippen molar-refractivity contribution in [3.8, 4) is 0 Å². The molecule has 26 heavy (non-hydrogen) atoms. The number of amides is 1. The lowest BCUT2D eigenvalue weighted by Gasteiger charge is -2.25. The van der Waals surface area contributed by atoms with E-state index in [1.165, 1.54) is 6.42 Å². The summed E-state index contributed by atoms with van der Waals surface area (Å²) < 4.78 is 1.91. The first-order valence-corrected chi connectivity index (χ1v) is 8.91. The third-order valence-electron chi connectivity index (χ3n) is 4.79. The number of carbonyl (C=O) groups excluding carboxylic acids is 1. The Labute approximate surface area is 152 Å². The van der Waals surface area contributed by atoms with Gasteiger partial charge in [0.1, 0.15) is 0 Å². The van der Waals surface area contributed by atoms with Gasteiger partial charge in [0, 0.05) is 6.20 Å². The molecule has 0 spiro atoms. The van der Waals surface area contributed by atoms with Crippen LogP contribution in [0.3, 0.4) is 0 Å². The van der Waals surface area contributed by atoms with E-state index >= 15 is 0 Å². The van der Waals surface area contributed by atoms with Crippen molar-refractivity contribution in [3.63, 3.8) is 0 Å². The maximum Gasteiger partial charge on any atom is 0.262 e. The van der Waals surface area contributed by atoms with Crippen LogP contribution in [-0.4, -0.2) is 25.9 Å². The molecule has 1 aliphatic carbocycles. The highest BCUT2D eigenvalue weighted by atomic mass is 16.2. The van der Waals surface area contributed by atoms with E-state index in [1.54, 1.807) is 11.1 Å². The molecule has 0 bridgehead atoms. The van der Waals surface area contributed by atoms with Crippen molar-refractivity contribution >= 4 is 11.7 Å². The van der Waals surface area contributed by atoms with Crippen LogP contribution in [0.25, 0.3) is 0 Å². The average Bonchev–Trinajstić information content (AvgIpc) is 3.09. The summed E-state index contributed by atoms with van der Waals surface area (Å²) >= 11 is 0. The van der Waals surface area contributed by atoms with Gasteiger partial charge >= 0.3 is 0 Å². The molecule has 0 aliphatic heterocycles. The van der Waals surface area contributed by atoms with Crippen LogP contribution in [0.2, 0.25) is 0 Å². The van der Waals surface area contributed by atoms with E-state index in [2.05, 4.69) is 15.3 Å². The number of nitrogens with zero attached hydrogens (tertiary/aromatic N) is 5. The summed E-state index contributed by atoms with van der Waals surface area (Å²) in [5, 5.41) is 12.7. The molecule has 2 aromatic heterocycles. The van der Waals surface area contributed by atoms with Crippen molar-refractivity contribution < 1.29 is 4.79 Å². The SMILES string of the molecule is Cc1ccc(N(Cc2ccccc2)C(=O)c2cnn(C3CCC3)c2)nn1. The van der Waals surface area contributed by atoms with Crippen LogP contribution in [0.5, 0.6) is 0 Å². The molecular formula is C20H21N5O. The summed E-state index contributed by atoms with van der Waals surface area (Å²) in [5.41, 5.74) is 2.43. The highest BCUT2D eigenvalue weighted by molar-refractivity contribution is 6.05. The number of aromatic nitrogens is 4. The van der Waals surface area contributed by atoms with Gasteiger partial charge in [-0.2, -0.15) is 10.2 Å². The maximum absolute atomic E-state index is 13.2. The normalized spacial score (nSPS) is 14.0. The maximum atomic E-state index is 13.2. The molecule has 0 unspecified atom stereocenters. The minimum atomic E-state index is -0.113. The van der Waals surface area contributed by atoms with E-state index in [4.69, 9.17) is 0 Å². The fourth-order valence-corrected chi connectivity index (χ4v) is 3.01. The first-order chi connectivity index (χ1) is 12.7.